The summed E-state index contributed by atoms with van der Waals surface area (Å²) in [6.07, 6.45) is -0.427. The second kappa shape index (κ2) is 4.76. The van der Waals surface area contributed by atoms with Crippen LogP contribution in [0.5, 0.6) is 11.5 Å². The van der Waals surface area contributed by atoms with E-state index in [9.17, 15) is 4.79 Å². The molecule has 18 heavy (non-hydrogen) atoms. The molecule has 0 bridgehead atoms. The Kier molecular flexibility index (Phi) is 3.32. The van der Waals surface area contributed by atoms with Crippen LogP contribution in [0, 0.1) is 0 Å². The van der Waals surface area contributed by atoms with E-state index in [-0.39, 0.29) is 12.2 Å². The summed E-state index contributed by atoms with van der Waals surface area (Å²) in [7, 11) is 1.35. The smallest absolute Gasteiger partial charge is 0.406 e. The molecule has 1 aliphatic heterocycles. The summed E-state index contributed by atoms with van der Waals surface area (Å²) in [4.78, 5) is 11.1. The van der Waals surface area contributed by atoms with Crippen molar-refractivity contribution in [1.82, 2.24) is 5.32 Å². The van der Waals surface area contributed by atoms with Crippen LogP contribution in [-0.2, 0) is 10.2 Å². The quantitative estimate of drug-likeness (QED) is 0.893. The summed E-state index contributed by atoms with van der Waals surface area (Å²) < 4.78 is 15.2. The average molecular weight is 251 g/mol. The number of hydrogen-bond donors (Lipinski definition) is 1. The zero-order valence-electron chi connectivity index (χ0n) is 10.8. The molecule has 0 fully saturated rings. The zero-order chi connectivity index (χ0) is 13.2. The topological polar surface area (TPSA) is 56.8 Å². The van der Waals surface area contributed by atoms with Gasteiger partial charge in [-0.05, 0) is 17.7 Å². The Morgan fingerprint density at radius 1 is 1.39 bits per heavy atom. The zero-order valence-corrected chi connectivity index (χ0v) is 10.8. The minimum Gasteiger partial charge on any atom is -0.454 e. The molecule has 5 nitrogen and oxygen atoms in total. The van der Waals surface area contributed by atoms with Crippen molar-refractivity contribution < 1.29 is 19.0 Å². The number of nitrogens with one attached hydrogen (secondary N) is 1. The highest BCUT2D eigenvalue weighted by molar-refractivity contribution is 5.67. The largest absolute Gasteiger partial charge is 0.454 e. The van der Waals surface area contributed by atoms with E-state index in [1.807, 2.05) is 32.0 Å². The fourth-order valence-corrected chi connectivity index (χ4v) is 1.78. The Morgan fingerprint density at radius 2 is 2.11 bits per heavy atom. The molecular weight excluding hydrogens is 234 g/mol. The third-order valence-electron chi connectivity index (χ3n) is 3.01. The van der Waals surface area contributed by atoms with Crippen LogP contribution in [0.1, 0.15) is 19.4 Å². The molecule has 2 rings (SSSR count). The number of amides is 1. The van der Waals surface area contributed by atoms with Crippen molar-refractivity contribution in [3.8, 4) is 11.5 Å². The van der Waals surface area contributed by atoms with Crippen LogP contribution in [0.25, 0.3) is 0 Å². The highest BCUT2D eigenvalue weighted by Gasteiger charge is 2.24. The minimum absolute atomic E-state index is 0.213. The van der Waals surface area contributed by atoms with E-state index >= 15 is 0 Å². The molecule has 1 aliphatic rings. The van der Waals surface area contributed by atoms with E-state index in [2.05, 4.69) is 10.1 Å². The Bertz CT molecular complexity index is 456. The predicted molar refractivity (Wildman–Crippen MR) is 66.0 cm³/mol. The summed E-state index contributed by atoms with van der Waals surface area (Å²) in [6.45, 7) is 4.83. The summed E-state index contributed by atoms with van der Waals surface area (Å²) in [5.74, 6) is 1.51. The molecule has 98 valence electrons. The first-order valence-corrected chi connectivity index (χ1v) is 5.75. The average Bonchev–Trinajstić information content (AvgIpc) is 2.83. The van der Waals surface area contributed by atoms with Crippen molar-refractivity contribution in [2.45, 2.75) is 19.3 Å². The number of fused-ring (bicyclic) bond motifs is 1. The first-order valence-electron chi connectivity index (χ1n) is 5.75. The van der Waals surface area contributed by atoms with Gasteiger partial charge in [0.1, 0.15) is 0 Å². The molecule has 0 radical (unpaired) electrons. The van der Waals surface area contributed by atoms with E-state index < -0.39 is 6.09 Å². The summed E-state index contributed by atoms with van der Waals surface area (Å²) in [6, 6.07) is 5.81. The molecule has 1 aromatic carbocycles. The number of methoxy groups -OCH3 is 1. The van der Waals surface area contributed by atoms with Crippen molar-refractivity contribution >= 4 is 6.09 Å². The number of rotatable bonds is 3. The van der Waals surface area contributed by atoms with Crippen LogP contribution in [-0.4, -0.2) is 26.5 Å². The Labute approximate surface area is 106 Å². The molecule has 1 aromatic rings. The predicted octanol–water partition coefficient (Wildman–Crippen LogP) is 2.05. The Morgan fingerprint density at radius 3 is 2.83 bits per heavy atom. The second-order valence-corrected chi connectivity index (χ2v) is 4.80. The lowest BCUT2D eigenvalue weighted by Crippen LogP contribution is -2.36. The van der Waals surface area contributed by atoms with E-state index in [0.717, 1.165) is 17.1 Å². The van der Waals surface area contributed by atoms with Crippen LogP contribution in [0.2, 0.25) is 0 Å². The molecule has 0 aromatic heterocycles. The van der Waals surface area contributed by atoms with Gasteiger partial charge < -0.3 is 19.5 Å². The molecule has 0 saturated heterocycles. The molecule has 0 spiro atoms. The van der Waals surface area contributed by atoms with Crippen LogP contribution >= 0.6 is 0 Å². The lowest BCUT2D eigenvalue weighted by Gasteiger charge is -2.25. The molecule has 0 atom stereocenters. The highest BCUT2D eigenvalue weighted by Crippen LogP contribution is 2.36. The standard InChI is InChI=1S/C13H17NO4/c1-13(2,7-14-12(15)16-3)9-4-5-10-11(6-9)18-8-17-10/h4-6H,7-8H2,1-3H3,(H,14,15). The van der Waals surface area contributed by atoms with Gasteiger partial charge in [0, 0.05) is 12.0 Å². The van der Waals surface area contributed by atoms with Crippen LogP contribution in [0.4, 0.5) is 4.79 Å². The number of ether oxygens (including phenoxy) is 3. The molecule has 0 unspecified atom stereocenters. The molecule has 1 amide bonds. The number of carbonyl (C=O) groups is 1. The first kappa shape index (κ1) is 12.5. The van der Waals surface area contributed by atoms with Gasteiger partial charge in [0.2, 0.25) is 6.79 Å². The third kappa shape index (κ3) is 2.50. The van der Waals surface area contributed by atoms with Gasteiger partial charge in [0.05, 0.1) is 7.11 Å². The van der Waals surface area contributed by atoms with Crippen molar-refractivity contribution in [3.05, 3.63) is 23.8 Å². The fraction of sp³-hybridized carbons (Fsp3) is 0.462. The normalized spacial score (nSPS) is 13.3. The van der Waals surface area contributed by atoms with Crippen molar-refractivity contribution in [1.29, 1.82) is 0 Å². The van der Waals surface area contributed by atoms with Crippen LogP contribution in [0.15, 0.2) is 18.2 Å². The molecule has 1 N–H and O–H groups in total. The maximum Gasteiger partial charge on any atom is 0.406 e. The van der Waals surface area contributed by atoms with Gasteiger partial charge in [-0.15, -0.1) is 0 Å². The molecule has 0 saturated carbocycles. The van der Waals surface area contributed by atoms with E-state index in [0.29, 0.717) is 6.54 Å². The van der Waals surface area contributed by atoms with E-state index in [4.69, 9.17) is 9.47 Å². The van der Waals surface area contributed by atoms with Gasteiger partial charge in [-0.3, -0.25) is 0 Å². The number of alkyl carbamates (subject to hydrolysis) is 1. The maximum absolute atomic E-state index is 11.1. The summed E-state index contributed by atoms with van der Waals surface area (Å²) in [5, 5.41) is 2.71. The van der Waals surface area contributed by atoms with E-state index in [1.165, 1.54) is 7.11 Å². The molecule has 5 heteroatoms. The number of hydrogen-bond acceptors (Lipinski definition) is 4. The monoisotopic (exact) mass is 251 g/mol. The lowest BCUT2D eigenvalue weighted by molar-refractivity contribution is 0.168. The van der Waals surface area contributed by atoms with E-state index in [1.54, 1.807) is 0 Å². The molecule has 1 heterocycles. The lowest BCUT2D eigenvalue weighted by atomic mass is 9.84. The number of carbonyl (C=O) groups excluding carboxylic acids is 1. The van der Waals surface area contributed by atoms with Crippen LogP contribution < -0.4 is 14.8 Å². The Hall–Kier alpha value is -1.91. The van der Waals surface area contributed by atoms with Gasteiger partial charge in [-0.1, -0.05) is 19.9 Å². The van der Waals surface area contributed by atoms with Gasteiger partial charge >= 0.3 is 6.09 Å². The molecule has 0 aliphatic carbocycles. The van der Waals surface area contributed by atoms with Gasteiger partial charge in [0.25, 0.3) is 0 Å². The van der Waals surface area contributed by atoms with Crippen molar-refractivity contribution in [2.75, 3.05) is 20.4 Å². The molecular formula is C13H17NO4. The second-order valence-electron chi connectivity index (χ2n) is 4.80. The third-order valence-corrected chi connectivity index (χ3v) is 3.01. The Balaban J connectivity index is 2.11. The number of benzene rings is 1. The minimum atomic E-state index is -0.427. The summed E-state index contributed by atoms with van der Waals surface area (Å²) in [5.41, 5.74) is 0.859. The highest BCUT2D eigenvalue weighted by atomic mass is 16.7. The van der Waals surface area contributed by atoms with Crippen molar-refractivity contribution in [3.63, 3.8) is 0 Å². The fourth-order valence-electron chi connectivity index (χ4n) is 1.78. The van der Waals surface area contributed by atoms with Gasteiger partial charge in [-0.25, -0.2) is 4.79 Å². The SMILES string of the molecule is COC(=O)NCC(C)(C)c1ccc2c(c1)OCO2. The van der Waals surface area contributed by atoms with Crippen molar-refractivity contribution in [2.24, 2.45) is 0 Å². The van der Waals surface area contributed by atoms with Gasteiger partial charge in [0.15, 0.2) is 11.5 Å². The maximum atomic E-state index is 11.1. The first-order chi connectivity index (χ1) is 8.53. The summed E-state index contributed by atoms with van der Waals surface area (Å²) >= 11 is 0. The van der Waals surface area contributed by atoms with Gasteiger partial charge in [-0.2, -0.15) is 0 Å². The van der Waals surface area contributed by atoms with Crippen LogP contribution in [0.3, 0.4) is 0 Å².